The van der Waals surface area contributed by atoms with E-state index in [0.717, 1.165) is 22.2 Å². The normalized spacial score (nSPS) is 14.5. The predicted molar refractivity (Wildman–Crippen MR) is 137 cm³/mol. The van der Waals surface area contributed by atoms with Gasteiger partial charge in [0.15, 0.2) is 11.5 Å². The number of carboxylic acids is 1. The molecule has 0 aliphatic carbocycles. The van der Waals surface area contributed by atoms with Crippen molar-refractivity contribution in [1.29, 1.82) is 0 Å². The van der Waals surface area contributed by atoms with Crippen LogP contribution in [0.25, 0.3) is 6.08 Å². The Morgan fingerprint density at radius 1 is 1.14 bits per heavy atom. The molecule has 190 valence electrons. The molecule has 1 fully saturated rings. The van der Waals surface area contributed by atoms with Gasteiger partial charge in [0.05, 0.1) is 27.7 Å². The van der Waals surface area contributed by atoms with E-state index in [4.69, 9.17) is 19.3 Å². The highest BCUT2D eigenvalue weighted by molar-refractivity contribution is 9.10. The second kappa shape index (κ2) is 12.1. The van der Waals surface area contributed by atoms with Crippen LogP contribution in [0.2, 0.25) is 0 Å². The quantitative estimate of drug-likeness (QED) is 0.303. The van der Waals surface area contributed by atoms with E-state index in [-0.39, 0.29) is 23.2 Å². The Balaban J connectivity index is 1.79. The van der Waals surface area contributed by atoms with Crippen LogP contribution in [0.15, 0.2) is 45.8 Å². The highest BCUT2D eigenvalue weighted by Gasteiger charge is 2.37. The summed E-state index contributed by atoms with van der Waals surface area (Å²) in [4.78, 5) is 49.0. The summed E-state index contributed by atoms with van der Waals surface area (Å²) < 4.78 is 17.3. The molecule has 0 aromatic heterocycles. The number of hydrogen-bond donors (Lipinski definition) is 1. The number of hydrogen-bond acceptors (Lipinski definition) is 8. The van der Waals surface area contributed by atoms with E-state index < -0.39 is 29.6 Å². The van der Waals surface area contributed by atoms with Crippen molar-refractivity contribution in [2.75, 3.05) is 13.2 Å². The Labute approximate surface area is 220 Å². The molecule has 0 spiro atoms. The fraction of sp³-hybridized carbons (Fsp3) is 0.280. The standard InChI is InChI=1S/C25H24BrNO8S/c1-4-33-19-10-16(11-20-23(29)27(25(32)36-20)12-21(28)35-14(2)3)9-18(26)22(19)34-13-15-5-7-17(8-6-15)24(30)31/h5-11,14H,4,12-13H2,1-3H3,(H,30,31)/b20-11+. The first-order valence-corrected chi connectivity index (χ1v) is 12.6. The number of imide groups is 1. The number of carbonyl (C=O) groups excluding carboxylic acids is 3. The average molecular weight is 578 g/mol. The van der Waals surface area contributed by atoms with Crippen LogP contribution in [-0.4, -0.2) is 52.3 Å². The third-order valence-corrected chi connectivity index (χ3v) is 6.24. The van der Waals surface area contributed by atoms with Crippen LogP contribution in [-0.2, 0) is 20.9 Å². The minimum absolute atomic E-state index is 0.166. The molecule has 9 nitrogen and oxygen atoms in total. The van der Waals surface area contributed by atoms with Gasteiger partial charge in [-0.25, -0.2) is 4.79 Å². The maximum absolute atomic E-state index is 12.7. The molecule has 2 aromatic carbocycles. The topological polar surface area (TPSA) is 119 Å². The van der Waals surface area contributed by atoms with Crippen LogP contribution in [0.3, 0.4) is 0 Å². The van der Waals surface area contributed by atoms with Crippen LogP contribution in [0.5, 0.6) is 11.5 Å². The van der Waals surface area contributed by atoms with Gasteiger partial charge in [0, 0.05) is 0 Å². The van der Waals surface area contributed by atoms with Gasteiger partial charge in [-0.05, 0) is 89.9 Å². The van der Waals surface area contributed by atoms with Crippen molar-refractivity contribution >= 4 is 56.9 Å². The monoisotopic (exact) mass is 577 g/mol. The summed E-state index contributed by atoms with van der Waals surface area (Å²) in [7, 11) is 0. The fourth-order valence-corrected chi connectivity index (χ4v) is 4.60. The zero-order valence-corrected chi connectivity index (χ0v) is 22.2. The number of thioether (sulfide) groups is 1. The van der Waals surface area contributed by atoms with Crippen molar-refractivity contribution in [3.05, 3.63) is 62.5 Å². The minimum Gasteiger partial charge on any atom is -0.490 e. The number of benzene rings is 2. The molecule has 0 radical (unpaired) electrons. The number of rotatable bonds is 10. The Bertz CT molecular complexity index is 1210. The van der Waals surface area contributed by atoms with E-state index in [1.54, 1.807) is 44.2 Å². The summed E-state index contributed by atoms with van der Waals surface area (Å²) in [5.41, 5.74) is 1.53. The Morgan fingerprint density at radius 3 is 2.44 bits per heavy atom. The van der Waals surface area contributed by atoms with Crippen molar-refractivity contribution < 1.29 is 38.5 Å². The summed E-state index contributed by atoms with van der Waals surface area (Å²) in [5, 5.41) is 8.48. The molecule has 3 rings (SSSR count). The van der Waals surface area contributed by atoms with Crippen LogP contribution in [0.4, 0.5) is 4.79 Å². The minimum atomic E-state index is -1.01. The van der Waals surface area contributed by atoms with E-state index in [1.807, 2.05) is 6.92 Å². The molecular weight excluding hydrogens is 554 g/mol. The third-order valence-electron chi connectivity index (χ3n) is 4.74. The van der Waals surface area contributed by atoms with E-state index in [1.165, 1.54) is 12.1 Å². The zero-order valence-electron chi connectivity index (χ0n) is 19.8. The first-order chi connectivity index (χ1) is 17.1. The lowest BCUT2D eigenvalue weighted by Gasteiger charge is -2.15. The molecule has 0 saturated carbocycles. The van der Waals surface area contributed by atoms with Gasteiger partial charge in [0.25, 0.3) is 11.1 Å². The van der Waals surface area contributed by atoms with E-state index in [9.17, 15) is 19.2 Å². The van der Waals surface area contributed by atoms with Crippen LogP contribution >= 0.6 is 27.7 Å². The summed E-state index contributed by atoms with van der Waals surface area (Å²) in [6.07, 6.45) is 1.19. The van der Waals surface area contributed by atoms with Gasteiger partial charge in [-0.15, -0.1) is 0 Å². The highest BCUT2D eigenvalue weighted by Crippen LogP contribution is 2.39. The van der Waals surface area contributed by atoms with E-state index >= 15 is 0 Å². The molecule has 1 saturated heterocycles. The SMILES string of the molecule is CCOc1cc(/C=C2/SC(=O)N(CC(=O)OC(C)C)C2=O)cc(Br)c1OCc1ccc(C(=O)O)cc1. The maximum atomic E-state index is 12.7. The van der Waals surface area contributed by atoms with Crippen molar-refractivity contribution in [1.82, 2.24) is 4.90 Å². The van der Waals surface area contributed by atoms with Crippen LogP contribution < -0.4 is 9.47 Å². The number of nitrogens with zero attached hydrogens (tertiary/aromatic N) is 1. The lowest BCUT2D eigenvalue weighted by molar-refractivity contribution is -0.149. The Morgan fingerprint density at radius 2 is 1.83 bits per heavy atom. The molecule has 11 heteroatoms. The van der Waals surface area contributed by atoms with Gasteiger partial charge in [-0.1, -0.05) is 12.1 Å². The Hall–Kier alpha value is -3.31. The summed E-state index contributed by atoms with van der Waals surface area (Å²) in [6.45, 7) is 5.26. The number of halogens is 1. The molecule has 0 atom stereocenters. The number of ether oxygens (including phenoxy) is 3. The van der Waals surface area contributed by atoms with E-state index in [0.29, 0.717) is 28.1 Å². The number of esters is 1. The molecule has 1 aliphatic heterocycles. The summed E-state index contributed by atoms with van der Waals surface area (Å²) in [6, 6.07) is 9.72. The van der Waals surface area contributed by atoms with Crippen molar-refractivity contribution in [2.24, 2.45) is 0 Å². The second-order valence-corrected chi connectivity index (χ2v) is 9.71. The predicted octanol–water partition coefficient (Wildman–Crippen LogP) is 5.11. The second-order valence-electron chi connectivity index (χ2n) is 7.86. The van der Waals surface area contributed by atoms with Crippen LogP contribution in [0.1, 0.15) is 42.3 Å². The molecule has 2 aromatic rings. The average Bonchev–Trinajstić information content (AvgIpc) is 3.05. The van der Waals surface area contributed by atoms with Gasteiger partial charge < -0.3 is 19.3 Å². The lowest BCUT2D eigenvalue weighted by atomic mass is 10.1. The lowest BCUT2D eigenvalue weighted by Crippen LogP contribution is -2.35. The summed E-state index contributed by atoms with van der Waals surface area (Å²) in [5.74, 6) is -1.40. The number of carbonyl (C=O) groups is 4. The van der Waals surface area contributed by atoms with Gasteiger partial charge in [0.2, 0.25) is 0 Å². The van der Waals surface area contributed by atoms with Gasteiger partial charge in [-0.3, -0.25) is 19.3 Å². The molecule has 0 bridgehead atoms. The smallest absolute Gasteiger partial charge is 0.335 e. The molecule has 1 N–H and O–H groups in total. The van der Waals surface area contributed by atoms with Gasteiger partial charge >= 0.3 is 11.9 Å². The molecule has 36 heavy (non-hydrogen) atoms. The van der Waals surface area contributed by atoms with E-state index in [2.05, 4.69) is 15.9 Å². The molecule has 0 unspecified atom stereocenters. The first kappa shape index (κ1) is 27.3. The van der Waals surface area contributed by atoms with Crippen LogP contribution in [0, 0.1) is 0 Å². The Kier molecular flexibility index (Phi) is 9.16. The molecule has 1 heterocycles. The maximum Gasteiger partial charge on any atom is 0.335 e. The largest absolute Gasteiger partial charge is 0.490 e. The van der Waals surface area contributed by atoms with Crippen molar-refractivity contribution in [3.8, 4) is 11.5 Å². The third kappa shape index (κ3) is 6.88. The fourth-order valence-electron chi connectivity index (χ4n) is 3.19. The number of amides is 2. The summed E-state index contributed by atoms with van der Waals surface area (Å²) >= 11 is 4.21. The zero-order chi connectivity index (χ0) is 26.4. The van der Waals surface area contributed by atoms with Gasteiger partial charge in [0.1, 0.15) is 13.2 Å². The molecule has 2 amide bonds. The van der Waals surface area contributed by atoms with Crippen molar-refractivity contribution in [2.45, 2.75) is 33.5 Å². The number of carboxylic acid groups (broad SMARTS) is 1. The molecule has 1 aliphatic rings. The number of aromatic carboxylic acids is 1. The molecular formula is C25H24BrNO8S. The highest BCUT2D eigenvalue weighted by atomic mass is 79.9. The first-order valence-electron chi connectivity index (χ1n) is 10.9. The van der Waals surface area contributed by atoms with Gasteiger partial charge in [-0.2, -0.15) is 0 Å². The van der Waals surface area contributed by atoms with Crippen molar-refractivity contribution in [3.63, 3.8) is 0 Å².